The Kier molecular flexibility index (Phi) is 12.0. The Labute approximate surface area is 143 Å². The van der Waals surface area contributed by atoms with Crippen LogP contribution in [0.4, 0.5) is 0 Å². The lowest BCUT2D eigenvalue weighted by molar-refractivity contribution is -0.120. The molecule has 5 nitrogen and oxygen atoms in total. The summed E-state index contributed by atoms with van der Waals surface area (Å²) in [7, 11) is 1.63. The average Bonchev–Trinajstić information content (AvgIpc) is 2.45. The van der Waals surface area contributed by atoms with Gasteiger partial charge >= 0.3 is 0 Å². The normalized spacial score (nSPS) is 9.95. The minimum Gasteiger partial charge on any atom is -0.493 e. The highest BCUT2D eigenvalue weighted by molar-refractivity contribution is 6.30. The summed E-state index contributed by atoms with van der Waals surface area (Å²) >= 11 is 5.88. The lowest BCUT2D eigenvalue weighted by atomic mass is 10.2. The molecular formula is C15H24Cl2N2O3. The molecule has 126 valence electrons. The van der Waals surface area contributed by atoms with Gasteiger partial charge in [-0.2, -0.15) is 0 Å². The maximum absolute atomic E-state index is 11.5. The Morgan fingerprint density at radius 3 is 2.73 bits per heavy atom. The Morgan fingerprint density at radius 1 is 1.27 bits per heavy atom. The molecule has 0 aliphatic heterocycles. The third-order valence-electron chi connectivity index (χ3n) is 2.81. The monoisotopic (exact) mass is 350 g/mol. The van der Waals surface area contributed by atoms with Gasteiger partial charge in [-0.1, -0.05) is 11.6 Å². The van der Waals surface area contributed by atoms with Crippen LogP contribution in [0.2, 0.25) is 5.02 Å². The number of hydrogen-bond acceptors (Lipinski definition) is 4. The van der Waals surface area contributed by atoms with Crippen molar-refractivity contribution in [2.75, 3.05) is 40.0 Å². The molecule has 1 aromatic carbocycles. The number of aryl methyl sites for hydroxylation is 1. The van der Waals surface area contributed by atoms with E-state index in [9.17, 15) is 4.79 Å². The van der Waals surface area contributed by atoms with Gasteiger partial charge in [0.2, 0.25) is 5.91 Å². The summed E-state index contributed by atoms with van der Waals surface area (Å²) in [6.45, 7) is 4.68. The first-order valence-electron chi connectivity index (χ1n) is 6.99. The van der Waals surface area contributed by atoms with Crippen LogP contribution >= 0.6 is 24.0 Å². The molecule has 0 radical (unpaired) electrons. The quantitative estimate of drug-likeness (QED) is 0.635. The highest BCUT2D eigenvalue weighted by atomic mass is 35.5. The third kappa shape index (κ3) is 9.10. The molecule has 22 heavy (non-hydrogen) atoms. The molecular weight excluding hydrogens is 327 g/mol. The fourth-order valence-corrected chi connectivity index (χ4v) is 1.92. The van der Waals surface area contributed by atoms with Crippen LogP contribution in [0.15, 0.2) is 18.2 Å². The van der Waals surface area contributed by atoms with E-state index < -0.39 is 0 Å². The number of carbonyl (C=O) groups excluding carboxylic acids is 1. The molecule has 0 aromatic heterocycles. The van der Waals surface area contributed by atoms with Crippen molar-refractivity contribution in [1.29, 1.82) is 0 Å². The molecule has 0 aliphatic carbocycles. The number of benzene rings is 1. The molecule has 0 saturated heterocycles. The van der Waals surface area contributed by atoms with Gasteiger partial charge in [-0.05, 0) is 37.1 Å². The summed E-state index contributed by atoms with van der Waals surface area (Å²) in [6.07, 6.45) is 0.756. The van der Waals surface area contributed by atoms with E-state index in [0.717, 1.165) is 17.7 Å². The molecule has 1 amide bonds. The molecule has 7 heteroatoms. The summed E-state index contributed by atoms with van der Waals surface area (Å²) < 4.78 is 10.5. The van der Waals surface area contributed by atoms with Gasteiger partial charge in [0.1, 0.15) is 5.75 Å². The molecule has 1 rings (SSSR count). The SMILES string of the molecule is COCCNCC(=O)NCCCOc1ccc(Cl)cc1C.Cl. The van der Waals surface area contributed by atoms with Gasteiger partial charge in [0, 0.05) is 25.2 Å². The maximum atomic E-state index is 11.5. The van der Waals surface area contributed by atoms with Crippen molar-refractivity contribution >= 4 is 29.9 Å². The summed E-state index contributed by atoms with van der Waals surface area (Å²) in [6, 6.07) is 5.53. The van der Waals surface area contributed by atoms with Gasteiger partial charge in [0.05, 0.1) is 19.8 Å². The second-order valence-electron chi connectivity index (χ2n) is 4.63. The highest BCUT2D eigenvalue weighted by Crippen LogP contribution is 2.21. The van der Waals surface area contributed by atoms with Crippen LogP contribution in [0.3, 0.4) is 0 Å². The molecule has 0 heterocycles. The summed E-state index contributed by atoms with van der Waals surface area (Å²) in [5.41, 5.74) is 1.01. The van der Waals surface area contributed by atoms with E-state index in [-0.39, 0.29) is 18.3 Å². The molecule has 2 N–H and O–H groups in total. The second kappa shape index (κ2) is 12.5. The number of ether oxygens (including phenoxy) is 2. The van der Waals surface area contributed by atoms with Gasteiger partial charge in [-0.3, -0.25) is 4.79 Å². The van der Waals surface area contributed by atoms with Crippen molar-refractivity contribution in [3.05, 3.63) is 28.8 Å². The van der Waals surface area contributed by atoms with Crippen LogP contribution in [0.1, 0.15) is 12.0 Å². The predicted octanol–water partition coefficient (Wildman–Crippen LogP) is 2.19. The smallest absolute Gasteiger partial charge is 0.233 e. The molecule has 0 bridgehead atoms. The summed E-state index contributed by atoms with van der Waals surface area (Å²) in [5.74, 6) is 0.806. The van der Waals surface area contributed by atoms with Crippen LogP contribution in [-0.4, -0.2) is 45.9 Å². The zero-order valence-electron chi connectivity index (χ0n) is 13.0. The van der Waals surface area contributed by atoms with E-state index in [2.05, 4.69) is 10.6 Å². The number of methoxy groups -OCH3 is 1. The predicted molar refractivity (Wildman–Crippen MR) is 91.3 cm³/mol. The largest absolute Gasteiger partial charge is 0.493 e. The number of nitrogens with one attached hydrogen (secondary N) is 2. The zero-order valence-corrected chi connectivity index (χ0v) is 14.6. The standard InChI is InChI=1S/C15H23ClN2O3.ClH/c1-12-10-13(16)4-5-14(12)21-8-3-6-18-15(19)11-17-7-9-20-2;/h4-5,10,17H,3,6-9,11H2,1-2H3,(H,18,19);1H. The van der Waals surface area contributed by atoms with Crippen LogP contribution in [0.5, 0.6) is 5.75 Å². The van der Waals surface area contributed by atoms with Gasteiger partial charge in [0.25, 0.3) is 0 Å². The van der Waals surface area contributed by atoms with Crippen LogP contribution < -0.4 is 15.4 Å². The Hall–Kier alpha value is -1.01. The second-order valence-corrected chi connectivity index (χ2v) is 5.07. The molecule has 0 saturated carbocycles. The lowest BCUT2D eigenvalue weighted by Gasteiger charge is -2.10. The van der Waals surface area contributed by atoms with Gasteiger partial charge < -0.3 is 20.1 Å². The summed E-state index contributed by atoms with van der Waals surface area (Å²) in [4.78, 5) is 11.5. The van der Waals surface area contributed by atoms with E-state index in [1.165, 1.54) is 0 Å². The minimum absolute atomic E-state index is 0. The lowest BCUT2D eigenvalue weighted by Crippen LogP contribution is -2.36. The van der Waals surface area contributed by atoms with E-state index in [4.69, 9.17) is 21.1 Å². The average molecular weight is 351 g/mol. The molecule has 0 atom stereocenters. The molecule has 0 fully saturated rings. The fourth-order valence-electron chi connectivity index (χ4n) is 1.70. The fraction of sp³-hybridized carbons (Fsp3) is 0.533. The van der Waals surface area contributed by atoms with E-state index in [0.29, 0.717) is 37.9 Å². The maximum Gasteiger partial charge on any atom is 0.233 e. The first-order chi connectivity index (χ1) is 10.1. The van der Waals surface area contributed by atoms with Gasteiger partial charge in [-0.15, -0.1) is 12.4 Å². The van der Waals surface area contributed by atoms with Gasteiger partial charge in [-0.25, -0.2) is 0 Å². The van der Waals surface area contributed by atoms with E-state index in [1.807, 2.05) is 19.1 Å². The zero-order chi connectivity index (χ0) is 15.5. The highest BCUT2D eigenvalue weighted by Gasteiger charge is 2.01. The number of amides is 1. The number of rotatable bonds is 10. The Bertz CT molecular complexity index is 445. The molecule has 0 spiro atoms. The first kappa shape index (κ1) is 21.0. The topological polar surface area (TPSA) is 59.6 Å². The number of hydrogen-bond donors (Lipinski definition) is 2. The Morgan fingerprint density at radius 2 is 2.05 bits per heavy atom. The Balaban J connectivity index is 0.00000441. The van der Waals surface area contributed by atoms with Crippen molar-refractivity contribution in [1.82, 2.24) is 10.6 Å². The van der Waals surface area contributed by atoms with Crippen LogP contribution in [-0.2, 0) is 9.53 Å². The van der Waals surface area contributed by atoms with Crippen molar-refractivity contribution in [3.8, 4) is 5.75 Å². The third-order valence-corrected chi connectivity index (χ3v) is 3.04. The van der Waals surface area contributed by atoms with Crippen molar-refractivity contribution in [2.24, 2.45) is 0 Å². The molecule has 0 unspecified atom stereocenters. The van der Waals surface area contributed by atoms with Crippen molar-refractivity contribution in [2.45, 2.75) is 13.3 Å². The number of carbonyl (C=O) groups is 1. The van der Waals surface area contributed by atoms with E-state index >= 15 is 0 Å². The van der Waals surface area contributed by atoms with Crippen LogP contribution in [0.25, 0.3) is 0 Å². The van der Waals surface area contributed by atoms with Crippen molar-refractivity contribution in [3.63, 3.8) is 0 Å². The van der Waals surface area contributed by atoms with Gasteiger partial charge in [0.15, 0.2) is 0 Å². The molecule has 1 aromatic rings. The van der Waals surface area contributed by atoms with Crippen molar-refractivity contribution < 1.29 is 14.3 Å². The first-order valence-corrected chi connectivity index (χ1v) is 7.36. The number of halogens is 2. The minimum atomic E-state index is -0.0197. The molecule has 0 aliphatic rings. The van der Waals surface area contributed by atoms with Crippen LogP contribution in [0, 0.1) is 6.92 Å². The van der Waals surface area contributed by atoms with E-state index in [1.54, 1.807) is 13.2 Å². The summed E-state index contributed by atoms with van der Waals surface area (Å²) in [5, 5.41) is 6.51.